The van der Waals surface area contributed by atoms with E-state index in [1.54, 1.807) is 6.07 Å². The Balaban J connectivity index is 1.33. The highest BCUT2D eigenvalue weighted by Gasteiger charge is 2.23. The Bertz CT molecular complexity index is 1260. The van der Waals surface area contributed by atoms with Crippen LogP contribution in [0.4, 0.5) is 5.69 Å². The molecule has 0 bridgehead atoms. The van der Waals surface area contributed by atoms with Crippen LogP contribution in [0.1, 0.15) is 38.6 Å². The summed E-state index contributed by atoms with van der Waals surface area (Å²) in [5.74, 6) is 0.351. The number of anilines is 1. The van der Waals surface area contributed by atoms with Crippen LogP contribution >= 0.6 is 23.1 Å². The molecule has 2 heterocycles. The van der Waals surface area contributed by atoms with Crippen LogP contribution in [0.3, 0.4) is 0 Å². The van der Waals surface area contributed by atoms with Crippen molar-refractivity contribution in [3.63, 3.8) is 0 Å². The lowest BCUT2D eigenvalue weighted by Crippen LogP contribution is -2.18. The zero-order valence-electron chi connectivity index (χ0n) is 17.0. The van der Waals surface area contributed by atoms with Gasteiger partial charge in [-0.05, 0) is 67.0 Å². The van der Waals surface area contributed by atoms with Gasteiger partial charge in [-0.3, -0.25) is 14.2 Å². The maximum absolute atomic E-state index is 13.3. The number of nitrogens with one attached hydrogen (secondary N) is 1. The number of benzene rings is 2. The Morgan fingerprint density at radius 3 is 2.74 bits per heavy atom. The summed E-state index contributed by atoms with van der Waals surface area (Å²) >= 11 is 2.92. The van der Waals surface area contributed by atoms with Crippen molar-refractivity contribution in [3.8, 4) is 0 Å². The summed E-state index contributed by atoms with van der Waals surface area (Å²) in [6.07, 6.45) is 4.34. The number of hydrogen-bond acceptors (Lipinski definition) is 4. The van der Waals surface area contributed by atoms with E-state index in [0.717, 1.165) is 35.4 Å². The van der Waals surface area contributed by atoms with Gasteiger partial charge in [0.2, 0.25) is 5.91 Å². The number of aryl methyl sites for hydroxylation is 1. The lowest BCUT2D eigenvalue weighted by molar-refractivity contribution is 0.0942. The summed E-state index contributed by atoms with van der Waals surface area (Å²) in [5, 5.41) is 6.03. The van der Waals surface area contributed by atoms with Gasteiger partial charge in [-0.2, -0.15) is 0 Å². The van der Waals surface area contributed by atoms with Crippen LogP contribution in [0, 0.1) is 0 Å². The second kappa shape index (κ2) is 8.73. The molecule has 1 amide bonds. The lowest BCUT2D eigenvalue weighted by atomic mass is 9.96. The first-order chi connectivity index (χ1) is 15.2. The predicted octanol–water partition coefficient (Wildman–Crippen LogP) is 6.27. The van der Waals surface area contributed by atoms with Crippen LogP contribution < -0.4 is 5.32 Å². The molecule has 1 N–H and O–H groups in total. The highest BCUT2D eigenvalue weighted by atomic mass is 32.2. The van der Waals surface area contributed by atoms with E-state index < -0.39 is 0 Å². The van der Waals surface area contributed by atoms with Crippen LogP contribution in [-0.4, -0.2) is 22.1 Å². The van der Waals surface area contributed by atoms with E-state index in [4.69, 9.17) is 0 Å². The van der Waals surface area contributed by atoms with Crippen LogP contribution in [0.5, 0.6) is 0 Å². The van der Waals surface area contributed by atoms with Gasteiger partial charge in [0.15, 0.2) is 0 Å². The van der Waals surface area contributed by atoms with E-state index in [0.29, 0.717) is 10.6 Å². The van der Waals surface area contributed by atoms with Crippen molar-refractivity contribution in [3.05, 3.63) is 82.2 Å². The standard InChI is InChI=1S/C25H22N2O2S2/c28-24(27-21-11-3-1-9-19(21)20-10-2-4-12-22(20)27)16-31-18-8-5-7-17(15-18)26-25(29)23-13-6-14-30-23/h1,3,5-9,11,13-15H,2,4,10,12,16H2,(H,26,29). The first-order valence-corrected chi connectivity index (χ1v) is 12.3. The van der Waals surface area contributed by atoms with Gasteiger partial charge in [0, 0.05) is 21.7 Å². The Kier molecular flexibility index (Phi) is 5.66. The van der Waals surface area contributed by atoms with Crippen molar-refractivity contribution >= 4 is 51.5 Å². The molecule has 1 aliphatic rings. The van der Waals surface area contributed by atoms with E-state index in [-0.39, 0.29) is 11.8 Å². The highest BCUT2D eigenvalue weighted by Crippen LogP contribution is 2.33. The quantitative estimate of drug-likeness (QED) is 0.368. The summed E-state index contributed by atoms with van der Waals surface area (Å²) in [6.45, 7) is 0. The minimum Gasteiger partial charge on any atom is -0.321 e. The molecular formula is C25H22N2O2S2. The third-order valence-electron chi connectivity index (χ3n) is 5.63. The molecule has 2 aromatic carbocycles. The van der Waals surface area contributed by atoms with Crippen molar-refractivity contribution in [2.75, 3.05) is 11.1 Å². The van der Waals surface area contributed by atoms with Crippen molar-refractivity contribution in [2.24, 2.45) is 0 Å². The van der Waals surface area contributed by atoms with Crippen LogP contribution in [-0.2, 0) is 12.8 Å². The molecule has 0 spiro atoms. The molecule has 0 radical (unpaired) electrons. The summed E-state index contributed by atoms with van der Waals surface area (Å²) in [6, 6.07) is 19.6. The van der Waals surface area contributed by atoms with Gasteiger partial charge in [-0.25, -0.2) is 0 Å². The van der Waals surface area contributed by atoms with Gasteiger partial charge < -0.3 is 5.32 Å². The Labute approximate surface area is 189 Å². The van der Waals surface area contributed by atoms with Crippen molar-refractivity contribution < 1.29 is 9.59 Å². The van der Waals surface area contributed by atoms with E-state index in [2.05, 4.69) is 23.5 Å². The molecule has 2 aromatic heterocycles. The second-order valence-corrected chi connectivity index (χ2v) is 9.62. The first kappa shape index (κ1) is 20.1. The maximum Gasteiger partial charge on any atom is 0.265 e. The molecule has 0 atom stereocenters. The Morgan fingerprint density at radius 1 is 1.00 bits per heavy atom. The van der Waals surface area contributed by atoms with E-state index in [9.17, 15) is 9.59 Å². The zero-order chi connectivity index (χ0) is 21.2. The molecule has 31 heavy (non-hydrogen) atoms. The van der Waals surface area contributed by atoms with Gasteiger partial charge in [0.25, 0.3) is 5.91 Å². The summed E-state index contributed by atoms with van der Waals surface area (Å²) in [4.78, 5) is 27.2. The monoisotopic (exact) mass is 446 g/mol. The molecule has 1 aliphatic carbocycles. The van der Waals surface area contributed by atoms with Crippen LogP contribution in [0.25, 0.3) is 10.9 Å². The number of carbonyl (C=O) groups excluding carboxylic acids is 2. The van der Waals surface area contributed by atoms with Crippen molar-refractivity contribution in [2.45, 2.75) is 30.6 Å². The number of thiophene rings is 1. The number of nitrogens with zero attached hydrogens (tertiary/aromatic N) is 1. The van der Waals surface area contributed by atoms with E-state index in [1.807, 2.05) is 46.3 Å². The largest absolute Gasteiger partial charge is 0.321 e. The normalized spacial score (nSPS) is 13.2. The summed E-state index contributed by atoms with van der Waals surface area (Å²) < 4.78 is 1.94. The van der Waals surface area contributed by atoms with Gasteiger partial charge in [0.1, 0.15) is 0 Å². The number of thioether (sulfide) groups is 1. The molecule has 5 rings (SSSR count). The average molecular weight is 447 g/mol. The number of fused-ring (bicyclic) bond motifs is 3. The number of para-hydroxylation sites is 1. The van der Waals surface area contributed by atoms with E-state index in [1.165, 1.54) is 46.2 Å². The highest BCUT2D eigenvalue weighted by molar-refractivity contribution is 8.00. The molecule has 0 unspecified atom stereocenters. The number of hydrogen-bond donors (Lipinski definition) is 1. The number of amides is 1. The summed E-state index contributed by atoms with van der Waals surface area (Å²) in [7, 11) is 0. The lowest BCUT2D eigenvalue weighted by Gasteiger charge is -2.15. The van der Waals surface area contributed by atoms with E-state index >= 15 is 0 Å². The van der Waals surface area contributed by atoms with Gasteiger partial charge in [0.05, 0.1) is 16.1 Å². The van der Waals surface area contributed by atoms with Crippen LogP contribution in [0.2, 0.25) is 0 Å². The predicted molar refractivity (Wildman–Crippen MR) is 129 cm³/mol. The minimum atomic E-state index is -0.112. The molecule has 6 heteroatoms. The van der Waals surface area contributed by atoms with Crippen molar-refractivity contribution in [1.29, 1.82) is 0 Å². The molecule has 0 saturated carbocycles. The SMILES string of the molecule is O=C(Nc1cccc(SCC(=O)n2c3c(c4ccccc42)CCCC3)c1)c1cccs1. The minimum absolute atomic E-state index is 0.109. The second-order valence-electron chi connectivity index (χ2n) is 7.63. The maximum atomic E-state index is 13.3. The summed E-state index contributed by atoms with van der Waals surface area (Å²) in [5.41, 5.74) is 4.30. The molecule has 0 saturated heterocycles. The fourth-order valence-electron chi connectivity index (χ4n) is 4.25. The average Bonchev–Trinajstić information content (AvgIpc) is 3.45. The van der Waals surface area contributed by atoms with Crippen LogP contribution in [0.15, 0.2) is 70.9 Å². The molecular weight excluding hydrogens is 424 g/mol. The number of aromatic nitrogens is 1. The van der Waals surface area contributed by atoms with Crippen molar-refractivity contribution in [1.82, 2.24) is 4.57 Å². The number of rotatable bonds is 5. The Morgan fingerprint density at radius 2 is 1.87 bits per heavy atom. The third-order valence-corrected chi connectivity index (χ3v) is 7.47. The third kappa shape index (κ3) is 4.05. The van der Waals surface area contributed by atoms with Gasteiger partial charge >= 0.3 is 0 Å². The fraction of sp³-hybridized carbons (Fsp3) is 0.200. The topological polar surface area (TPSA) is 51.1 Å². The van der Waals surface area contributed by atoms with Gasteiger partial charge in [-0.15, -0.1) is 23.1 Å². The molecule has 4 aromatic rings. The smallest absolute Gasteiger partial charge is 0.265 e. The molecule has 156 valence electrons. The first-order valence-electron chi connectivity index (χ1n) is 10.4. The Hall–Kier alpha value is -2.83. The fourth-order valence-corrected chi connectivity index (χ4v) is 5.68. The molecule has 0 fully saturated rings. The zero-order valence-corrected chi connectivity index (χ0v) is 18.6. The number of carbonyl (C=O) groups is 2. The molecule has 0 aliphatic heterocycles. The molecule has 4 nitrogen and oxygen atoms in total. The van der Waals surface area contributed by atoms with Gasteiger partial charge in [-0.1, -0.05) is 30.3 Å².